The van der Waals surface area contributed by atoms with Crippen LogP contribution in [0.4, 0.5) is 4.79 Å². The van der Waals surface area contributed by atoms with Gasteiger partial charge in [0.2, 0.25) is 0 Å². The molecule has 126 valence electrons. The van der Waals surface area contributed by atoms with Gasteiger partial charge >= 0.3 is 6.03 Å². The Bertz CT molecular complexity index is 579. The van der Waals surface area contributed by atoms with Gasteiger partial charge < -0.3 is 10.2 Å². The quantitative estimate of drug-likeness (QED) is 0.917. The van der Waals surface area contributed by atoms with E-state index >= 15 is 0 Å². The molecule has 1 fully saturated rings. The zero-order chi connectivity index (χ0) is 15.5. The molecule has 0 spiro atoms. The number of hydrogen-bond acceptors (Lipinski definition) is 2. The molecule has 0 saturated carbocycles. The van der Waals surface area contributed by atoms with E-state index in [1.54, 1.807) is 0 Å². The molecule has 23 heavy (non-hydrogen) atoms. The number of benzene rings is 1. The van der Waals surface area contributed by atoms with E-state index in [2.05, 4.69) is 40.6 Å². The molecule has 1 aliphatic heterocycles. The van der Waals surface area contributed by atoms with E-state index in [0.717, 1.165) is 32.5 Å². The Morgan fingerprint density at radius 3 is 2.65 bits per heavy atom. The summed E-state index contributed by atoms with van der Waals surface area (Å²) >= 11 is 0. The molecule has 0 radical (unpaired) electrons. The lowest BCUT2D eigenvalue weighted by Gasteiger charge is -2.37. The Balaban J connectivity index is 0.00000192. The zero-order valence-corrected chi connectivity index (χ0v) is 14.7. The number of fused-ring (bicyclic) bond motifs is 1. The van der Waals surface area contributed by atoms with Gasteiger partial charge in [0.15, 0.2) is 0 Å². The van der Waals surface area contributed by atoms with Crippen LogP contribution in [0.25, 0.3) is 11.6 Å². The van der Waals surface area contributed by atoms with Crippen molar-refractivity contribution < 1.29 is 4.79 Å². The highest BCUT2D eigenvalue weighted by atomic mass is 35.5. The Kier molecular flexibility index (Phi) is 6.08. The number of carbonyl (C=O) groups excluding carboxylic acids is 1. The van der Waals surface area contributed by atoms with Crippen LogP contribution in [0.3, 0.4) is 0 Å². The molecule has 0 atom stereocenters. The molecule has 2 amide bonds. The molecule has 5 heteroatoms. The first kappa shape index (κ1) is 17.8. The van der Waals surface area contributed by atoms with Crippen LogP contribution >= 0.6 is 12.4 Å². The average molecular weight is 336 g/mol. The smallest absolute Gasteiger partial charge is 0.317 e. The van der Waals surface area contributed by atoms with Crippen molar-refractivity contribution >= 4 is 30.1 Å². The third-order valence-electron chi connectivity index (χ3n) is 4.78. The summed E-state index contributed by atoms with van der Waals surface area (Å²) in [6.07, 6.45) is 4.41. The van der Waals surface area contributed by atoms with Crippen LogP contribution in [0.5, 0.6) is 0 Å². The monoisotopic (exact) mass is 335 g/mol. The normalized spacial score (nSPS) is 17.4. The molecule has 0 bridgehead atoms. The molecule has 1 aromatic carbocycles. The number of hydrogen-bond donors (Lipinski definition) is 1. The van der Waals surface area contributed by atoms with Gasteiger partial charge in [-0.2, -0.15) is 0 Å². The van der Waals surface area contributed by atoms with E-state index in [0.29, 0.717) is 12.6 Å². The molecule has 0 unspecified atom stereocenters. The molecular formula is C18H26ClN3O. The van der Waals surface area contributed by atoms with E-state index in [-0.39, 0.29) is 18.4 Å². The highest BCUT2D eigenvalue weighted by molar-refractivity contribution is 5.96. The van der Waals surface area contributed by atoms with E-state index in [4.69, 9.17) is 0 Å². The number of likely N-dealkylation sites (tertiary alicyclic amines) is 1. The first-order chi connectivity index (χ1) is 10.7. The van der Waals surface area contributed by atoms with E-state index in [1.165, 1.54) is 16.7 Å². The van der Waals surface area contributed by atoms with Gasteiger partial charge in [-0.15, -0.1) is 12.4 Å². The molecule has 4 nitrogen and oxygen atoms in total. The second-order valence-electron chi connectivity index (χ2n) is 6.21. The van der Waals surface area contributed by atoms with Crippen molar-refractivity contribution in [2.45, 2.75) is 25.8 Å². The van der Waals surface area contributed by atoms with Gasteiger partial charge in [0.1, 0.15) is 0 Å². The molecule has 3 rings (SSSR count). The highest BCUT2D eigenvalue weighted by Crippen LogP contribution is 2.33. The summed E-state index contributed by atoms with van der Waals surface area (Å²) < 4.78 is 0. The summed E-state index contributed by atoms with van der Waals surface area (Å²) in [5.41, 5.74) is 4.22. The minimum absolute atomic E-state index is 0. The molecule has 2 aliphatic rings. The number of urea groups is 1. The van der Waals surface area contributed by atoms with Crippen LogP contribution in [-0.2, 0) is 0 Å². The van der Waals surface area contributed by atoms with Gasteiger partial charge in [-0.1, -0.05) is 24.3 Å². The lowest BCUT2D eigenvalue weighted by Crippen LogP contribution is -2.49. The van der Waals surface area contributed by atoms with Gasteiger partial charge in [0.25, 0.3) is 0 Å². The van der Waals surface area contributed by atoms with Crippen molar-refractivity contribution in [2.24, 2.45) is 0 Å². The molecule has 1 aliphatic carbocycles. The Morgan fingerprint density at radius 2 is 2.00 bits per heavy atom. The van der Waals surface area contributed by atoms with Crippen LogP contribution < -0.4 is 5.32 Å². The standard InChI is InChI=1S/C18H25N3O.ClH/c1-3-19-18(22)20(2)16-8-10-21(11-9-16)13-15-12-14-6-4-5-7-17(14)15;/h4-7,12,16H,3,8-11,13H2,1-2H3,(H,19,22);1H. The van der Waals surface area contributed by atoms with Gasteiger partial charge in [0, 0.05) is 39.3 Å². The summed E-state index contributed by atoms with van der Waals surface area (Å²) in [5, 5.41) is 2.88. The van der Waals surface area contributed by atoms with Crippen LogP contribution in [-0.4, -0.2) is 55.1 Å². The molecular weight excluding hydrogens is 310 g/mol. The van der Waals surface area contributed by atoms with Gasteiger partial charge in [-0.25, -0.2) is 4.79 Å². The molecule has 1 heterocycles. The number of amides is 2. The van der Waals surface area contributed by atoms with E-state index < -0.39 is 0 Å². The number of halogens is 1. The van der Waals surface area contributed by atoms with Crippen LogP contribution in [0.2, 0.25) is 0 Å². The summed E-state index contributed by atoms with van der Waals surface area (Å²) in [6, 6.07) is 9.00. The van der Waals surface area contributed by atoms with Crippen molar-refractivity contribution in [2.75, 3.05) is 33.2 Å². The summed E-state index contributed by atoms with van der Waals surface area (Å²) in [7, 11) is 1.91. The maximum absolute atomic E-state index is 11.9. The number of nitrogens with one attached hydrogen (secondary N) is 1. The van der Waals surface area contributed by atoms with Gasteiger partial charge in [-0.05, 0) is 42.5 Å². The number of carbonyl (C=O) groups is 1. The fraction of sp³-hybridized carbons (Fsp3) is 0.500. The molecule has 1 N–H and O–H groups in total. The van der Waals surface area contributed by atoms with Crippen LogP contribution in [0.15, 0.2) is 24.3 Å². The van der Waals surface area contributed by atoms with Crippen LogP contribution in [0.1, 0.15) is 30.9 Å². The summed E-state index contributed by atoms with van der Waals surface area (Å²) in [5.74, 6) is 0. The average Bonchev–Trinajstić information content (AvgIpc) is 2.53. The first-order valence-corrected chi connectivity index (χ1v) is 8.22. The summed E-state index contributed by atoms with van der Waals surface area (Å²) in [4.78, 5) is 16.3. The van der Waals surface area contributed by atoms with Crippen molar-refractivity contribution in [1.29, 1.82) is 0 Å². The fourth-order valence-electron chi connectivity index (χ4n) is 3.38. The Morgan fingerprint density at radius 1 is 1.30 bits per heavy atom. The zero-order valence-electron chi connectivity index (χ0n) is 13.9. The third kappa shape index (κ3) is 3.88. The lowest BCUT2D eigenvalue weighted by molar-refractivity contribution is 0.142. The SMILES string of the molecule is CCNC(=O)N(C)C1CCN(CC2=Cc3ccccc32)CC1.Cl. The topological polar surface area (TPSA) is 35.6 Å². The van der Waals surface area contributed by atoms with E-state index in [1.807, 2.05) is 18.9 Å². The number of piperidine rings is 1. The number of rotatable bonds is 4. The largest absolute Gasteiger partial charge is 0.338 e. The predicted molar refractivity (Wildman–Crippen MR) is 97.9 cm³/mol. The van der Waals surface area contributed by atoms with Crippen LogP contribution in [0, 0.1) is 0 Å². The Labute approximate surface area is 144 Å². The Hall–Kier alpha value is -1.52. The third-order valence-corrected chi connectivity index (χ3v) is 4.78. The number of nitrogens with zero attached hydrogens (tertiary/aromatic N) is 2. The lowest BCUT2D eigenvalue weighted by atomic mass is 9.88. The maximum Gasteiger partial charge on any atom is 0.317 e. The predicted octanol–water partition coefficient (Wildman–Crippen LogP) is 3.09. The summed E-state index contributed by atoms with van der Waals surface area (Å²) in [6.45, 7) is 5.81. The minimum atomic E-state index is 0. The fourth-order valence-corrected chi connectivity index (χ4v) is 3.38. The maximum atomic E-state index is 11.9. The van der Waals surface area contributed by atoms with Crippen molar-refractivity contribution in [3.63, 3.8) is 0 Å². The second-order valence-corrected chi connectivity index (χ2v) is 6.21. The molecule has 1 saturated heterocycles. The first-order valence-electron chi connectivity index (χ1n) is 8.22. The minimum Gasteiger partial charge on any atom is -0.338 e. The van der Waals surface area contributed by atoms with Gasteiger partial charge in [-0.3, -0.25) is 4.90 Å². The highest BCUT2D eigenvalue weighted by Gasteiger charge is 2.26. The molecule has 0 aromatic heterocycles. The van der Waals surface area contributed by atoms with Gasteiger partial charge in [0.05, 0.1) is 0 Å². The van der Waals surface area contributed by atoms with E-state index in [9.17, 15) is 4.79 Å². The molecule has 1 aromatic rings. The van der Waals surface area contributed by atoms with Crippen molar-refractivity contribution in [1.82, 2.24) is 15.1 Å². The van der Waals surface area contributed by atoms with Crippen molar-refractivity contribution in [3.8, 4) is 0 Å². The second kappa shape index (κ2) is 7.84. The van der Waals surface area contributed by atoms with Crippen molar-refractivity contribution in [3.05, 3.63) is 35.4 Å².